The number of aliphatic imine (C=N–C) groups is 1. The Hall–Kier alpha value is -4.33. The summed E-state index contributed by atoms with van der Waals surface area (Å²) >= 11 is 5.99. The van der Waals surface area contributed by atoms with Crippen molar-refractivity contribution in [1.29, 1.82) is 0 Å². The molecule has 4 aromatic rings. The van der Waals surface area contributed by atoms with Crippen LogP contribution in [0, 0.1) is 5.82 Å². The van der Waals surface area contributed by atoms with E-state index in [1.54, 1.807) is 31.3 Å². The molecule has 0 spiro atoms. The van der Waals surface area contributed by atoms with E-state index in [1.807, 2.05) is 54.6 Å². The SMILES string of the molecule is CN1C(=O)[C@@H](NC(=O)C(CC(O)c2ccc(Cl)cc2)c2ccc(F)cc2)N=C(c2ccccc2)c2ccccc21. The molecule has 0 aliphatic carbocycles. The Labute approximate surface area is 236 Å². The number of nitrogens with zero attached hydrogens (tertiary/aromatic N) is 2. The third-order valence-electron chi connectivity index (χ3n) is 6.97. The topological polar surface area (TPSA) is 82.0 Å². The summed E-state index contributed by atoms with van der Waals surface area (Å²) in [5.41, 5.74) is 3.87. The van der Waals surface area contributed by atoms with Crippen LogP contribution in [0.15, 0.2) is 108 Å². The van der Waals surface area contributed by atoms with Crippen LogP contribution in [0.5, 0.6) is 0 Å². The number of anilines is 1. The summed E-state index contributed by atoms with van der Waals surface area (Å²) in [6.45, 7) is 0. The van der Waals surface area contributed by atoms with Gasteiger partial charge < -0.3 is 15.3 Å². The first-order valence-corrected chi connectivity index (χ1v) is 13.2. The highest BCUT2D eigenvalue weighted by molar-refractivity contribution is 6.30. The van der Waals surface area contributed by atoms with Gasteiger partial charge in [0.1, 0.15) is 5.82 Å². The summed E-state index contributed by atoms with van der Waals surface area (Å²) < 4.78 is 13.7. The van der Waals surface area contributed by atoms with Crippen LogP contribution in [0.1, 0.15) is 40.7 Å². The Balaban J connectivity index is 1.50. The molecule has 1 aliphatic heterocycles. The van der Waals surface area contributed by atoms with Crippen LogP contribution in [-0.4, -0.2) is 35.8 Å². The van der Waals surface area contributed by atoms with E-state index in [4.69, 9.17) is 16.6 Å². The predicted molar refractivity (Wildman–Crippen MR) is 154 cm³/mol. The molecule has 0 aromatic heterocycles. The standard InChI is InChI=1S/C32H27ClFN3O3/c1-37-27-10-6-5-9-25(27)29(22-7-3-2-4-8-22)35-30(32(37)40)36-31(39)26(20-13-17-24(34)18-14-20)19-28(38)21-11-15-23(33)16-12-21/h2-18,26,28,30,38H,19H2,1H3,(H,36,39)/t26?,28?,30-/m1/s1. The molecule has 2 amide bonds. The van der Waals surface area contributed by atoms with Crippen LogP contribution < -0.4 is 10.2 Å². The Morgan fingerprint density at radius 1 is 0.950 bits per heavy atom. The molecule has 202 valence electrons. The summed E-state index contributed by atoms with van der Waals surface area (Å²) in [7, 11) is 1.64. The number of benzodiazepines with no additional fused rings is 1. The fraction of sp³-hybridized carbons (Fsp3) is 0.156. The van der Waals surface area contributed by atoms with Crippen LogP contribution in [-0.2, 0) is 9.59 Å². The number of carbonyl (C=O) groups is 2. The molecule has 5 rings (SSSR count). The summed E-state index contributed by atoms with van der Waals surface area (Å²) in [6, 6.07) is 29.1. The first kappa shape index (κ1) is 27.2. The minimum atomic E-state index is -1.23. The second kappa shape index (κ2) is 11.8. The Kier molecular flexibility index (Phi) is 8.05. The van der Waals surface area contributed by atoms with Crippen molar-refractivity contribution in [1.82, 2.24) is 5.32 Å². The summed E-state index contributed by atoms with van der Waals surface area (Å²) in [4.78, 5) is 33.6. The number of para-hydroxylation sites is 1. The van der Waals surface area contributed by atoms with Gasteiger partial charge in [-0.2, -0.15) is 0 Å². The number of amides is 2. The summed E-state index contributed by atoms with van der Waals surface area (Å²) in [6.07, 6.45) is -2.25. The third-order valence-corrected chi connectivity index (χ3v) is 7.22. The molecule has 2 unspecified atom stereocenters. The Morgan fingerprint density at radius 3 is 2.27 bits per heavy atom. The fourth-order valence-corrected chi connectivity index (χ4v) is 4.94. The van der Waals surface area contributed by atoms with E-state index in [0.717, 1.165) is 11.1 Å². The van der Waals surface area contributed by atoms with Crippen molar-refractivity contribution in [2.24, 2.45) is 4.99 Å². The second-order valence-electron chi connectivity index (χ2n) is 9.58. The summed E-state index contributed by atoms with van der Waals surface area (Å²) in [5.74, 6) is -2.28. The van der Waals surface area contributed by atoms with Gasteiger partial charge in [-0.25, -0.2) is 9.38 Å². The van der Waals surface area contributed by atoms with Gasteiger partial charge in [0.15, 0.2) is 0 Å². The third kappa shape index (κ3) is 5.81. The van der Waals surface area contributed by atoms with Crippen molar-refractivity contribution in [2.75, 3.05) is 11.9 Å². The van der Waals surface area contributed by atoms with Crippen molar-refractivity contribution >= 4 is 34.8 Å². The lowest BCUT2D eigenvalue weighted by Gasteiger charge is -2.24. The van der Waals surface area contributed by atoms with Crippen LogP contribution in [0.3, 0.4) is 0 Å². The van der Waals surface area contributed by atoms with Gasteiger partial charge in [0.2, 0.25) is 12.1 Å². The van der Waals surface area contributed by atoms with Gasteiger partial charge in [-0.15, -0.1) is 0 Å². The van der Waals surface area contributed by atoms with Crippen LogP contribution in [0.4, 0.5) is 10.1 Å². The molecule has 0 saturated heterocycles. The van der Waals surface area contributed by atoms with Crippen molar-refractivity contribution in [3.05, 3.63) is 136 Å². The van der Waals surface area contributed by atoms with Gasteiger partial charge in [0.25, 0.3) is 5.91 Å². The smallest absolute Gasteiger partial charge is 0.272 e. The molecular weight excluding hydrogens is 529 g/mol. The Morgan fingerprint density at radius 2 is 1.57 bits per heavy atom. The van der Waals surface area contributed by atoms with Crippen LogP contribution in [0.2, 0.25) is 5.02 Å². The maximum Gasteiger partial charge on any atom is 0.272 e. The molecule has 0 radical (unpaired) electrons. The molecule has 1 heterocycles. The van der Waals surface area contributed by atoms with Gasteiger partial charge in [-0.05, 0) is 47.9 Å². The Bertz CT molecular complexity index is 1540. The van der Waals surface area contributed by atoms with Crippen LogP contribution >= 0.6 is 11.6 Å². The van der Waals surface area contributed by atoms with Gasteiger partial charge in [-0.1, -0.05) is 84.4 Å². The number of fused-ring (bicyclic) bond motifs is 1. The number of rotatable bonds is 7. The highest BCUT2D eigenvalue weighted by Crippen LogP contribution is 2.31. The molecule has 0 fully saturated rings. The zero-order valence-corrected chi connectivity index (χ0v) is 22.4. The van der Waals surface area contributed by atoms with Crippen molar-refractivity contribution in [3.63, 3.8) is 0 Å². The van der Waals surface area contributed by atoms with E-state index in [9.17, 15) is 19.1 Å². The molecule has 3 atom stereocenters. The molecule has 0 bridgehead atoms. The first-order chi connectivity index (χ1) is 19.3. The highest BCUT2D eigenvalue weighted by atomic mass is 35.5. The van der Waals surface area contributed by atoms with E-state index < -0.39 is 35.8 Å². The molecule has 6 nitrogen and oxygen atoms in total. The van der Waals surface area contributed by atoms with Crippen molar-refractivity contribution in [2.45, 2.75) is 24.6 Å². The summed E-state index contributed by atoms with van der Waals surface area (Å²) in [5, 5.41) is 14.3. The van der Waals surface area contributed by atoms with Gasteiger partial charge in [0, 0.05) is 23.2 Å². The number of nitrogens with one attached hydrogen (secondary N) is 1. The largest absolute Gasteiger partial charge is 0.388 e. The normalized spacial score (nSPS) is 16.4. The zero-order chi connectivity index (χ0) is 28.2. The first-order valence-electron chi connectivity index (χ1n) is 12.8. The molecule has 1 aliphatic rings. The lowest BCUT2D eigenvalue weighted by Crippen LogP contribution is -2.47. The number of aliphatic hydroxyl groups is 1. The van der Waals surface area contributed by atoms with E-state index in [2.05, 4.69) is 5.32 Å². The maximum atomic E-state index is 13.8. The van der Waals surface area contributed by atoms with E-state index in [1.165, 1.54) is 29.2 Å². The number of hydrogen-bond acceptors (Lipinski definition) is 4. The quantitative estimate of drug-likeness (QED) is 0.309. The molecule has 4 aromatic carbocycles. The minimum Gasteiger partial charge on any atom is -0.388 e. The number of hydrogen-bond donors (Lipinski definition) is 2. The molecule has 2 N–H and O–H groups in total. The average molecular weight is 556 g/mol. The number of benzene rings is 4. The lowest BCUT2D eigenvalue weighted by atomic mass is 9.89. The van der Waals surface area contributed by atoms with Crippen molar-refractivity contribution < 1.29 is 19.1 Å². The number of likely N-dealkylation sites (N-methyl/N-ethyl adjacent to an activating group) is 1. The maximum absolute atomic E-state index is 13.8. The van der Waals surface area contributed by atoms with E-state index in [0.29, 0.717) is 27.5 Å². The molecule has 40 heavy (non-hydrogen) atoms. The van der Waals surface area contributed by atoms with Crippen LogP contribution in [0.25, 0.3) is 0 Å². The predicted octanol–water partition coefficient (Wildman–Crippen LogP) is 5.64. The monoisotopic (exact) mass is 555 g/mol. The van der Waals surface area contributed by atoms with Gasteiger partial charge >= 0.3 is 0 Å². The molecule has 0 saturated carbocycles. The minimum absolute atomic E-state index is 0.00860. The zero-order valence-electron chi connectivity index (χ0n) is 21.7. The highest BCUT2D eigenvalue weighted by Gasteiger charge is 2.33. The fourth-order valence-electron chi connectivity index (χ4n) is 4.81. The van der Waals surface area contributed by atoms with Gasteiger partial charge in [-0.3, -0.25) is 9.59 Å². The number of carbonyl (C=O) groups excluding carboxylic acids is 2. The van der Waals surface area contributed by atoms with Gasteiger partial charge in [0.05, 0.1) is 23.4 Å². The van der Waals surface area contributed by atoms with E-state index >= 15 is 0 Å². The molecular formula is C32H27ClFN3O3. The van der Waals surface area contributed by atoms with E-state index in [-0.39, 0.29) is 6.42 Å². The number of aliphatic hydroxyl groups excluding tert-OH is 1. The lowest BCUT2D eigenvalue weighted by molar-refractivity contribution is -0.128. The molecule has 8 heteroatoms. The second-order valence-corrected chi connectivity index (χ2v) is 10.0. The number of halogens is 2. The average Bonchev–Trinajstić information content (AvgIpc) is 3.08. The van der Waals surface area contributed by atoms with Crippen molar-refractivity contribution in [3.8, 4) is 0 Å².